The lowest BCUT2D eigenvalue weighted by molar-refractivity contribution is -0.120. The standard InChI is InChI=1S/C19H21N5O2S/c1-24-19(21-22-23-24)27-14-11-18(25)20-12-13-26-17-10-6-5-9-16(17)15-7-3-2-4-8-15/h2-10H,11-14H2,1H3,(H,20,25). The number of carbonyl (C=O) groups excluding carboxylic acids is 1. The molecule has 1 N–H and O–H groups in total. The van der Waals surface area contributed by atoms with E-state index in [2.05, 4.69) is 20.8 Å². The fourth-order valence-corrected chi connectivity index (χ4v) is 3.25. The Labute approximate surface area is 162 Å². The Morgan fingerprint density at radius 2 is 1.93 bits per heavy atom. The third-order valence-corrected chi connectivity index (χ3v) is 4.81. The molecule has 0 saturated heterocycles. The van der Waals surface area contributed by atoms with Crippen molar-refractivity contribution in [1.82, 2.24) is 25.5 Å². The van der Waals surface area contributed by atoms with Gasteiger partial charge in [0, 0.05) is 24.8 Å². The van der Waals surface area contributed by atoms with E-state index in [0.717, 1.165) is 16.9 Å². The van der Waals surface area contributed by atoms with Gasteiger partial charge in [0.25, 0.3) is 0 Å². The molecule has 0 unspecified atom stereocenters. The first kappa shape index (κ1) is 18.9. The van der Waals surface area contributed by atoms with Crippen LogP contribution in [0.1, 0.15) is 6.42 Å². The van der Waals surface area contributed by atoms with Crippen LogP contribution in [-0.4, -0.2) is 45.0 Å². The highest BCUT2D eigenvalue weighted by atomic mass is 32.2. The van der Waals surface area contributed by atoms with Crippen molar-refractivity contribution in [2.75, 3.05) is 18.9 Å². The maximum absolute atomic E-state index is 11.9. The van der Waals surface area contributed by atoms with Crippen LogP contribution in [-0.2, 0) is 11.8 Å². The number of amides is 1. The van der Waals surface area contributed by atoms with Gasteiger partial charge in [0.15, 0.2) is 0 Å². The summed E-state index contributed by atoms with van der Waals surface area (Å²) in [4.78, 5) is 11.9. The number of aromatic nitrogens is 4. The number of para-hydroxylation sites is 1. The van der Waals surface area contributed by atoms with Crippen LogP contribution in [0.5, 0.6) is 5.75 Å². The van der Waals surface area contributed by atoms with Crippen LogP contribution in [0.25, 0.3) is 11.1 Å². The second-order valence-electron chi connectivity index (χ2n) is 5.74. The number of hydrogen-bond acceptors (Lipinski definition) is 6. The molecule has 0 aliphatic carbocycles. The zero-order chi connectivity index (χ0) is 18.9. The third kappa shape index (κ3) is 5.55. The summed E-state index contributed by atoms with van der Waals surface area (Å²) in [5.41, 5.74) is 2.14. The van der Waals surface area contributed by atoms with Gasteiger partial charge in [0.05, 0.1) is 6.54 Å². The molecule has 1 aromatic heterocycles. The van der Waals surface area contributed by atoms with Crippen LogP contribution in [0.2, 0.25) is 0 Å². The van der Waals surface area contributed by atoms with Gasteiger partial charge in [-0.15, -0.1) is 5.10 Å². The topological polar surface area (TPSA) is 81.9 Å². The minimum atomic E-state index is -0.0161. The lowest BCUT2D eigenvalue weighted by atomic mass is 10.1. The molecule has 0 aliphatic rings. The number of tetrazole rings is 1. The highest BCUT2D eigenvalue weighted by Crippen LogP contribution is 2.29. The minimum absolute atomic E-state index is 0.0161. The van der Waals surface area contributed by atoms with Crippen molar-refractivity contribution < 1.29 is 9.53 Å². The molecule has 0 bridgehead atoms. The molecule has 0 fully saturated rings. The summed E-state index contributed by atoms with van der Waals surface area (Å²) in [6, 6.07) is 18.0. The Hall–Kier alpha value is -2.87. The van der Waals surface area contributed by atoms with Crippen LogP contribution in [0.4, 0.5) is 0 Å². The van der Waals surface area contributed by atoms with E-state index in [4.69, 9.17) is 4.74 Å². The first-order valence-corrected chi connectivity index (χ1v) is 9.61. The number of nitrogens with zero attached hydrogens (tertiary/aromatic N) is 4. The largest absolute Gasteiger partial charge is 0.491 e. The quantitative estimate of drug-likeness (QED) is 0.452. The molecular weight excluding hydrogens is 362 g/mol. The fourth-order valence-electron chi connectivity index (χ4n) is 2.47. The molecule has 0 radical (unpaired) electrons. The van der Waals surface area contributed by atoms with Crippen molar-refractivity contribution in [1.29, 1.82) is 0 Å². The summed E-state index contributed by atoms with van der Waals surface area (Å²) in [5.74, 6) is 1.42. The molecule has 140 valence electrons. The summed E-state index contributed by atoms with van der Waals surface area (Å²) in [5, 5.41) is 14.8. The van der Waals surface area contributed by atoms with Gasteiger partial charge in [0.1, 0.15) is 12.4 Å². The Morgan fingerprint density at radius 1 is 1.15 bits per heavy atom. The molecule has 0 saturated carbocycles. The lowest BCUT2D eigenvalue weighted by Crippen LogP contribution is -2.28. The average Bonchev–Trinajstić information content (AvgIpc) is 3.11. The number of ether oxygens (including phenoxy) is 1. The Bertz CT molecular complexity index is 869. The molecule has 0 atom stereocenters. The van der Waals surface area contributed by atoms with E-state index in [1.807, 2.05) is 54.6 Å². The van der Waals surface area contributed by atoms with E-state index < -0.39 is 0 Å². The predicted octanol–water partition coefficient (Wildman–Crippen LogP) is 2.55. The van der Waals surface area contributed by atoms with Crippen molar-refractivity contribution in [3.05, 3.63) is 54.6 Å². The van der Waals surface area contributed by atoms with Gasteiger partial charge in [-0.1, -0.05) is 60.3 Å². The van der Waals surface area contributed by atoms with E-state index in [0.29, 0.717) is 30.5 Å². The SMILES string of the molecule is Cn1nnnc1SCCC(=O)NCCOc1ccccc1-c1ccccc1. The van der Waals surface area contributed by atoms with E-state index in [9.17, 15) is 4.79 Å². The van der Waals surface area contributed by atoms with Gasteiger partial charge in [-0.2, -0.15) is 0 Å². The number of thioether (sulfide) groups is 1. The van der Waals surface area contributed by atoms with E-state index in [1.54, 1.807) is 11.7 Å². The van der Waals surface area contributed by atoms with Crippen molar-refractivity contribution in [3.8, 4) is 16.9 Å². The minimum Gasteiger partial charge on any atom is -0.491 e. The highest BCUT2D eigenvalue weighted by molar-refractivity contribution is 7.99. The first-order chi connectivity index (χ1) is 13.2. The van der Waals surface area contributed by atoms with Gasteiger partial charge in [0.2, 0.25) is 11.1 Å². The molecule has 7 nitrogen and oxygen atoms in total. The zero-order valence-corrected chi connectivity index (χ0v) is 15.9. The number of carbonyl (C=O) groups is 1. The number of aryl methyl sites for hydroxylation is 1. The second-order valence-corrected chi connectivity index (χ2v) is 6.81. The van der Waals surface area contributed by atoms with Gasteiger partial charge < -0.3 is 10.1 Å². The zero-order valence-electron chi connectivity index (χ0n) is 15.0. The maximum Gasteiger partial charge on any atom is 0.220 e. The Morgan fingerprint density at radius 3 is 2.70 bits per heavy atom. The summed E-state index contributed by atoms with van der Waals surface area (Å²) >= 11 is 1.45. The Kier molecular flexibility index (Phi) is 6.81. The molecule has 1 amide bonds. The summed E-state index contributed by atoms with van der Waals surface area (Å²) in [7, 11) is 1.77. The molecule has 2 aromatic carbocycles. The van der Waals surface area contributed by atoms with Crippen LogP contribution < -0.4 is 10.1 Å². The summed E-state index contributed by atoms with van der Waals surface area (Å²) < 4.78 is 7.46. The van der Waals surface area contributed by atoms with Crippen molar-refractivity contribution in [3.63, 3.8) is 0 Å². The summed E-state index contributed by atoms with van der Waals surface area (Å²) in [6.07, 6.45) is 0.401. The fraction of sp³-hybridized carbons (Fsp3) is 0.263. The number of benzene rings is 2. The molecule has 27 heavy (non-hydrogen) atoms. The molecule has 8 heteroatoms. The molecule has 3 aromatic rings. The van der Waals surface area contributed by atoms with Gasteiger partial charge in [-0.3, -0.25) is 4.79 Å². The van der Waals surface area contributed by atoms with Crippen LogP contribution in [0, 0.1) is 0 Å². The van der Waals surface area contributed by atoms with Crippen molar-refractivity contribution >= 4 is 17.7 Å². The molecule has 0 spiro atoms. The van der Waals surface area contributed by atoms with Crippen molar-refractivity contribution in [2.45, 2.75) is 11.6 Å². The molecule has 3 rings (SSSR count). The van der Waals surface area contributed by atoms with Crippen LogP contribution >= 0.6 is 11.8 Å². The Balaban J connectivity index is 1.40. The van der Waals surface area contributed by atoms with Gasteiger partial charge in [-0.05, 0) is 22.1 Å². The molecular formula is C19H21N5O2S. The van der Waals surface area contributed by atoms with E-state index >= 15 is 0 Å². The molecule has 0 aliphatic heterocycles. The third-order valence-electron chi connectivity index (χ3n) is 3.80. The van der Waals surface area contributed by atoms with Crippen LogP contribution in [0.3, 0.4) is 0 Å². The second kappa shape index (κ2) is 9.72. The smallest absolute Gasteiger partial charge is 0.220 e. The predicted molar refractivity (Wildman–Crippen MR) is 105 cm³/mol. The number of rotatable bonds is 9. The maximum atomic E-state index is 11.9. The van der Waals surface area contributed by atoms with Gasteiger partial charge in [-0.25, -0.2) is 4.68 Å². The van der Waals surface area contributed by atoms with E-state index in [-0.39, 0.29) is 5.91 Å². The number of hydrogen-bond donors (Lipinski definition) is 1. The van der Waals surface area contributed by atoms with Gasteiger partial charge >= 0.3 is 0 Å². The monoisotopic (exact) mass is 383 g/mol. The van der Waals surface area contributed by atoms with Crippen molar-refractivity contribution in [2.24, 2.45) is 7.05 Å². The molecule has 1 heterocycles. The summed E-state index contributed by atoms with van der Waals surface area (Å²) in [6.45, 7) is 0.869. The lowest BCUT2D eigenvalue weighted by Gasteiger charge is -2.12. The normalized spacial score (nSPS) is 10.6. The van der Waals surface area contributed by atoms with E-state index in [1.165, 1.54) is 11.8 Å². The average molecular weight is 383 g/mol. The first-order valence-electron chi connectivity index (χ1n) is 8.63. The van der Waals surface area contributed by atoms with Crippen LogP contribution in [0.15, 0.2) is 59.8 Å². The number of nitrogens with one attached hydrogen (secondary N) is 1. The highest BCUT2D eigenvalue weighted by Gasteiger charge is 2.07.